The Morgan fingerprint density at radius 1 is 1.24 bits per heavy atom. The van der Waals surface area contributed by atoms with Crippen LogP contribution in [0.4, 0.5) is 5.69 Å². The van der Waals surface area contributed by atoms with Gasteiger partial charge >= 0.3 is 0 Å². The first-order chi connectivity index (χ1) is 16.1. The number of aliphatic imine (C=N–C) groups is 1. The third-order valence-electron chi connectivity index (χ3n) is 6.04. The van der Waals surface area contributed by atoms with E-state index in [1.807, 2.05) is 30.3 Å². The lowest BCUT2D eigenvalue weighted by Crippen LogP contribution is -2.41. The van der Waals surface area contributed by atoms with Crippen LogP contribution in [0.5, 0.6) is 0 Å². The number of nitrogens with zero attached hydrogens (tertiary/aromatic N) is 3. The number of rotatable bonds is 6. The number of nitrogens with one attached hydrogen (secondary N) is 1. The van der Waals surface area contributed by atoms with Crippen molar-refractivity contribution >= 4 is 29.8 Å². The van der Waals surface area contributed by atoms with Crippen molar-refractivity contribution in [1.29, 1.82) is 5.26 Å². The van der Waals surface area contributed by atoms with Crippen molar-refractivity contribution in [2.45, 2.75) is 25.3 Å². The molecule has 0 spiro atoms. The summed E-state index contributed by atoms with van der Waals surface area (Å²) in [6.45, 7) is 5.72. The second-order valence-corrected chi connectivity index (χ2v) is 8.13. The number of benzene rings is 2. The van der Waals surface area contributed by atoms with Gasteiger partial charge in [-0.2, -0.15) is 5.26 Å². The first-order valence-electron chi connectivity index (χ1n) is 11.1. The zero-order valence-corrected chi connectivity index (χ0v) is 18.4. The molecule has 2 aromatic rings. The number of amides is 2. The average molecular weight is 443 g/mol. The summed E-state index contributed by atoms with van der Waals surface area (Å²) in [6, 6.07) is 15.4. The Morgan fingerprint density at radius 3 is 2.64 bits per heavy atom. The van der Waals surface area contributed by atoms with Crippen LogP contribution < -0.4 is 5.32 Å². The smallest absolute Gasteiger partial charge is 0.254 e. The summed E-state index contributed by atoms with van der Waals surface area (Å²) in [5.74, 6) is 0.00511. The van der Waals surface area contributed by atoms with Gasteiger partial charge in [0.2, 0.25) is 5.91 Å². The molecule has 4 rings (SSSR count). The summed E-state index contributed by atoms with van der Waals surface area (Å²) in [7, 11) is 0. The van der Waals surface area contributed by atoms with Gasteiger partial charge < -0.3 is 15.0 Å². The van der Waals surface area contributed by atoms with Gasteiger partial charge in [-0.05, 0) is 42.8 Å². The molecule has 2 amide bonds. The number of ether oxygens (including phenoxy) is 1. The number of carbonyl (C=O) groups is 2. The van der Waals surface area contributed by atoms with Crippen molar-refractivity contribution in [3.05, 3.63) is 70.8 Å². The topological polar surface area (TPSA) is 94.8 Å². The number of allylic oxidation sites excluding steroid dienone is 1. The van der Waals surface area contributed by atoms with Gasteiger partial charge in [-0.15, -0.1) is 0 Å². The summed E-state index contributed by atoms with van der Waals surface area (Å²) in [5.41, 5.74) is 4.31. The van der Waals surface area contributed by atoms with E-state index in [2.05, 4.69) is 23.1 Å². The van der Waals surface area contributed by atoms with Gasteiger partial charge in [-0.1, -0.05) is 36.4 Å². The minimum Gasteiger partial charge on any atom is -0.378 e. The number of hydrogen-bond acceptors (Lipinski definition) is 5. The highest BCUT2D eigenvalue weighted by Crippen LogP contribution is 2.30. The monoisotopic (exact) mass is 442 g/mol. The van der Waals surface area contributed by atoms with Crippen molar-refractivity contribution in [3.8, 4) is 6.07 Å². The van der Waals surface area contributed by atoms with Crippen LogP contribution in [0.15, 0.2) is 53.5 Å². The van der Waals surface area contributed by atoms with Gasteiger partial charge in [0.05, 0.1) is 36.6 Å². The molecule has 2 aromatic carbocycles. The molecule has 2 heterocycles. The molecule has 0 saturated carbocycles. The van der Waals surface area contributed by atoms with Crippen molar-refractivity contribution in [3.63, 3.8) is 0 Å². The second-order valence-electron chi connectivity index (χ2n) is 8.13. The molecule has 2 fully saturated rings. The lowest BCUT2D eigenvalue weighted by Gasteiger charge is -2.28. The maximum Gasteiger partial charge on any atom is 0.254 e. The zero-order valence-electron chi connectivity index (χ0n) is 18.4. The molecule has 2 aliphatic rings. The van der Waals surface area contributed by atoms with Crippen LogP contribution in [0.25, 0.3) is 5.57 Å². The maximum atomic E-state index is 13.4. The van der Waals surface area contributed by atoms with E-state index in [1.54, 1.807) is 23.1 Å². The SMILES string of the molecule is C=Nc1cc(C#N)ccc1/C(=C\Cc1ccc(C2CCC(=O)N2)cc1)C(=O)N1CCOCC1. The molecule has 1 unspecified atom stereocenters. The van der Waals surface area contributed by atoms with Crippen LogP contribution >= 0.6 is 0 Å². The van der Waals surface area contributed by atoms with E-state index in [0.717, 1.165) is 17.5 Å². The number of hydrogen-bond donors (Lipinski definition) is 1. The number of carbonyl (C=O) groups excluding carboxylic acids is 2. The minimum atomic E-state index is -0.0850. The second kappa shape index (κ2) is 10.2. The quantitative estimate of drug-likeness (QED) is 0.548. The Bertz CT molecular complexity index is 1130. The molecule has 2 aliphatic heterocycles. The van der Waals surface area contributed by atoms with E-state index in [4.69, 9.17) is 4.74 Å². The highest BCUT2D eigenvalue weighted by Gasteiger charge is 2.24. The molecule has 7 heteroatoms. The van der Waals surface area contributed by atoms with Gasteiger partial charge in [0, 0.05) is 30.6 Å². The van der Waals surface area contributed by atoms with Crippen molar-refractivity contribution in [1.82, 2.24) is 10.2 Å². The lowest BCUT2D eigenvalue weighted by atomic mass is 9.97. The standard InChI is InChI=1S/C26H26N4O3/c1-28-24-16-19(17-27)5-8-21(24)22(26(32)30-12-14-33-15-13-30)9-4-18-2-6-20(7-3-18)23-10-11-25(31)29-23/h2-3,5-9,16,23H,1,4,10-15H2,(H,29,31)/b22-9+. The normalized spacial score (nSPS) is 18.5. The fourth-order valence-electron chi connectivity index (χ4n) is 4.18. The van der Waals surface area contributed by atoms with Crippen LogP contribution in [-0.2, 0) is 20.7 Å². The first-order valence-corrected chi connectivity index (χ1v) is 11.1. The molecule has 33 heavy (non-hydrogen) atoms. The fraction of sp³-hybridized carbons (Fsp3) is 0.308. The molecule has 2 saturated heterocycles. The summed E-state index contributed by atoms with van der Waals surface area (Å²) < 4.78 is 5.40. The summed E-state index contributed by atoms with van der Waals surface area (Å²) in [4.78, 5) is 30.8. The first kappa shape index (κ1) is 22.4. The third-order valence-corrected chi connectivity index (χ3v) is 6.04. The molecule has 0 bridgehead atoms. The molecule has 7 nitrogen and oxygen atoms in total. The molecule has 1 atom stereocenters. The molecule has 0 radical (unpaired) electrons. The summed E-state index contributed by atoms with van der Waals surface area (Å²) in [6.07, 6.45) is 3.85. The lowest BCUT2D eigenvalue weighted by molar-refractivity contribution is -0.129. The maximum absolute atomic E-state index is 13.4. The fourth-order valence-corrected chi connectivity index (χ4v) is 4.18. The number of morpholine rings is 1. The molecule has 168 valence electrons. The van der Waals surface area contributed by atoms with E-state index in [1.165, 1.54) is 0 Å². The highest BCUT2D eigenvalue weighted by molar-refractivity contribution is 6.20. The van der Waals surface area contributed by atoms with E-state index in [9.17, 15) is 14.9 Å². The molecule has 0 aromatic heterocycles. The molecule has 0 aliphatic carbocycles. The predicted octanol–water partition coefficient (Wildman–Crippen LogP) is 3.33. The highest BCUT2D eigenvalue weighted by atomic mass is 16.5. The Labute approximate surface area is 193 Å². The molecule has 1 N–H and O–H groups in total. The predicted molar refractivity (Wildman–Crippen MR) is 126 cm³/mol. The van der Waals surface area contributed by atoms with Crippen molar-refractivity contribution in [2.24, 2.45) is 4.99 Å². The van der Waals surface area contributed by atoms with E-state index in [0.29, 0.717) is 61.5 Å². The Morgan fingerprint density at radius 2 is 2.00 bits per heavy atom. The van der Waals surface area contributed by atoms with Gasteiger partial charge in [-0.3, -0.25) is 14.6 Å². The van der Waals surface area contributed by atoms with Gasteiger partial charge in [-0.25, -0.2) is 0 Å². The van der Waals surface area contributed by atoms with Crippen LogP contribution in [0.1, 0.15) is 41.1 Å². The minimum absolute atomic E-state index is 0.0698. The van der Waals surface area contributed by atoms with Crippen LogP contribution in [0.2, 0.25) is 0 Å². The van der Waals surface area contributed by atoms with Gasteiger partial charge in [0.15, 0.2) is 0 Å². The van der Waals surface area contributed by atoms with Gasteiger partial charge in [0.25, 0.3) is 5.91 Å². The van der Waals surface area contributed by atoms with E-state index < -0.39 is 0 Å². The Kier molecular flexibility index (Phi) is 6.96. The molecular formula is C26H26N4O3. The van der Waals surface area contributed by atoms with Crippen molar-refractivity contribution < 1.29 is 14.3 Å². The summed E-state index contributed by atoms with van der Waals surface area (Å²) >= 11 is 0. The third kappa shape index (κ3) is 5.18. The van der Waals surface area contributed by atoms with Crippen LogP contribution in [-0.4, -0.2) is 49.7 Å². The van der Waals surface area contributed by atoms with Gasteiger partial charge in [0.1, 0.15) is 0 Å². The zero-order chi connectivity index (χ0) is 23.2. The summed E-state index contributed by atoms with van der Waals surface area (Å²) in [5, 5.41) is 12.2. The van der Waals surface area contributed by atoms with Crippen molar-refractivity contribution in [2.75, 3.05) is 26.3 Å². The largest absolute Gasteiger partial charge is 0.378 e. The Balaban J connectivity index is 1.62. The Hall–Kier alpha value is -3.76. The average Bonchev–Trinajstić information content (AvgIpc) is 3.31. The van der Waals surface area contributed by atoms with Crippen LogP contribution in [0, 0.1) is 11.3 Å². The van der Waals surface area contributed by atoms with E-state index >= 15 is 0 Å². The number of nitriles is 1. The van der Waals surface area contributed by atoms with Crippen LogP contribution in [0.3, 0.4) is 0 Å². The molecular weight excluding hydrogens is 416 g/mol. The van der Waals surface area contributed by atoms with E-state index in [-0.39, 0.29) is 17.9 Å².